The second kappa shape index (κ2) is 23.0. The van der Waals surface area contributed by atoms with Crippen molar-refractivity contribution in [3.63, 3.8) is 0 Å². The van der Waals surface area contributed by atoms with E-state index in [0.717, 1.165) is 6.42 Å². The summed E-state index contributed by atoms with van der Waals surface area (Å²) in [6.07, 6.45) is 2.76. The fourth-order valence-corrected chi connectivity index (χ4v) is 0.448. The van der Waals surface area contributed by atoms with Crippen LogP contribution in [0, 0.1) is 33.1 Å². The Labute approximate surface area is 183 Å². The van der Waals surface area contributed by atoms with E-state index in [0.29, 0.717) is 17.7 Å². The van der Waals surface area contributed by atoms with Crippen LogP contribution < -0.4 is 0 Å². The molecule has 0 saturated heterocycles. The van der Waals surface area contributed by atoms with Crippen LogP contribution in [0.15, 0.2) is 6.20 Å². The fourth-order valence-electron chi connectivity index (χ4n) is 0.448. The summed E-state index contributed by atoms with van der Waals surface area (Å²) in [5.74, 6) is 0. The van der Waals surface area contributed by atoms with Crippen molar-refractivity contribution in [1.29, 1.82) is 0 Å². The topological polar surface area (TPSA) is 30.7 Å². The zero-order chi connectivity index (χ0) is 13.2. The van der Waals surface area contributed by atoms with Gasteiger partial charge in [0.05, 0.1) is 0 Å². The number of hydrogen-bond acceptors (Lipinski definition) is 2. The van der Waals surface area contributed by atoms with Gasteiger partial charge in [-0.05, 0) is 0 Å². The second-order valence-electron chi connectivity index (χ2n) is 4.28. The summed E-state index contributed by atoms with van der Waals surface area (Å²) in [7, 11) is 0. The van der Waals surface area contributed by atoms with E-state index in [1.165, 1.54) is 0 Å². The molecule has 0 bridgehead atoms. The number of nitrogens with zero attached hydrogens (tertiary/aromatic N) is 3. The molecule has 0 aromatic carbocycles. The van der Waals surface area contributed by atoms with E-state index in [1.54, 1.807) is 17.8 Å². The molecule has 0 amide bonds. The first-order valence-electron chi connectivity index (χ1n) is 5.40. The van der Waals surface area contributed by atoms with Crippen molar-refractivity contribution in [1.82, 2.24) is 15.0 Å². The average Bonchev–Trinajstić information content (AvgIpc) is 2.67. The zero-order valence-corrected chi connectivity index (χ0v) is 24.5. The first-order chi connectivity index (χ1) is 7.39. The number of rotatable bonds is 1. The van der Waals surface area contributed by atoms with Gasteiger partial charge in [-0.15, -0.1) is 6.54 Å². The molecule has 0 N–H and O–H groups in total. The van der Waals surface area contributed by atoms with Crippen molar-refractivity contribution in [2.75, 3.05) is 0 Å². The van der Waals surface area contributed by atoms with Crippen molar-refractivity contribution >= 4 is 0 Å². The first-order valence-corrected chi connectivity index (χ1v) is 5.40. The summed E-state index contributed by atoms with van der Waals surface area (Å²) in [4.78, 5) is 0. The maximum atomic E-state index is 3.76. The summed E-state index contributed by atoms with van der Waals surface area (Å²) in [5, 5.41) is 7.33. The van der Waals surface area contributed by atoms with Crippen LogP contribution in [0.1, 0.15) is 39.8 Å². The molecule has 3 nitrogen and oxygen atoms in total. The van der Waals surface area contributed by atoms with Gasteiger partial charge in [0.2, 0.25) is 0 Å². The predicted octanol–water partition coefficient (Wildman–Crippen LogP) is 3.38. The Kier molecular flexibility index (Phi) is 43.5. The number of hydrogen-bond donors (Lipinski definition) is 0. The summed E-state index contributed by atoms with van der Waals surface area (Å²) < 4.78 is 1.63. The van der Waals surface area contributed by atoms with Crippen molar-refractivity contribution < 1.29 is 84.3 Å². The normalized spacial score (nSPS) is 7.75. The molecule has 1 aromatic heterocycles. The maximum absolute atomic E-state index is 3.76. The van der Waals surface area contributed by atoms with Crippen molar-refractivity contribution in [2.24, 2.45) is 5.41 Å². The molecule has 116 valence electrons. The SMILES string of the molecule is [CH2-]C.[CH2-]CC(C)(C)C.[CH2-]Cn1cc([CH2-])nn1.[W+2].[W+2].[W].[W]. The van der Waals surface area contributed by atoms with Gasteiger partial charge in [-0.2, -0.15) is 18.4 Å². The molecule has 1 aromatic rings. The van der Waals surface area contributed by atoms with Crippen LogP contribution in [-0.2, 0) is 90.8 Å². The monoisotopic (exact) mass is 959 g/mol. The van der Waals surface area contributed by atoms with E-state index in [-0.39, 0.29) is 84.3 Å². The third-order valence-electron chi connectivity index (χ3n) is 1.57. The molecule has 0 aliphatic rings. The van der Waals surface area contributed by atoms with Crippen LogP contribution in [0.2, 0.25) is 0 Å². The molecule has 0 spiro atoms. The molecule has 0 radical (unpaired) electrons. The van der Waals surface area contributed by atoms with Crippen LogP contribution in [0.3, 0.4) is 0 Å². The quantitative estimate of drug-likeness (QED) is 0.405. The van der Waals surface area contributed by atoms with E-state index in [9.17, 15) is 0 Å². The summed E-state index contributed by atoms with van der Waals surface area (Å²) in [5.41, 5.74) is 1.12. The Morgan fingerprint density at radius 1 is 1.10 bits per heavy atom. The van der Waals surface area contributed by atoms with E-state index < -0.39 is 0 Å². The Hall–Kier alpha value is 1.76. The molecule has 0 atom stereocenters. The van der Waals surface area contributed by atoms with Gasteiger partial charge in [0.25, 0.3) is 0 Å². The Morgan fingerprint density at radius 3 is 1.55 bits per heavy atom. The third-order valence-corrected chi connectivity index (χ3v) is 1.57. The molecule has 0 unspecified atom stereocenters. The van der Waals surface area contributed by atoms with Gasteiger partial charge in [-0.1, -0.05) is 43.3 Å². The van der Waals surface area contributed by atoms with Gasteiger partial charge in [0.1, 0.15) is 0 Å². The van der Waals surface area contributed by atoms with Crippen LogP contribution in [0.5, 0.6) is 0 Å². The standard InChI is InChI=1S/C6H13.C5H7N3.C2H5.4W/c1-5-6(2,3)4;1-3-8-4-5(2)6-7-8;1-2;;;;/h1,5H2,2-4H3;4H,1-3H2;1H2,2H3;;;;/q-1;-2;-1;;;2*+2. The van der Waals surface area contributed by atoms with Gasteiger partial charge in [-0.3, -0.25) is 0 Å². The van der Waals surface area contributed by atoms with E-state index in [2.05, 4.69) is 58.8 Å². The zero-order valence-electron chi connectivity index (χ0n) is 12.8. The van der Waals surface area contributed by atoms with E-state index in [1.807, 2.05) is 0 Å². The number of aromatic nitrogens is 3. The van der Waals surface area contributed by atoms with Crippen molar-refractivity contribution in [3.8, 4) is 0 Å². The molecule has 1 heterocycles. The molecule has 20 heavy (non-hydrogen) atoms. The molecule has 0 aliphatic carbocycles. The first kappa shape index (κ1) is 37.8. The largest absolute Gasteiger partial charge is 2.00 e. The van der Waals surface area contributed by atoms with Crippen LogP contribution in [0.4, 0.5) is 0 Å². The van der Waals surface area contributed by atoms with Gasteiger partial charge >= 0.3 is 42.1 Å². The average molecular weight is 959 g/mol. The van der Waals surface area contributed by atoms with Gasteiger partial charge in [0, 0.05) is 42.1 Å². The van der Waals surface area contributed by atoms with E-state index >= 15 is 0 Å². The summed E-state index contributed by atoms with van der Waals surface area (Å²) in [6, 6.07) is 0. The van der Waals surface area contributed by atoms with Crippen LogP contribution >= 0.6 is 0 Å². The van der Waals surface area contributed by atoms with Crippen LogP contribution in [0.25, 0.3) is 0 Å². The second-order valence-corrected chi connectivity index (χ2v) is 4.28. The molecular formula is C13H25N3W4. The maximum Gasteiger partial charge on any atom is 2.00 e. The van der Waals surface area contributed by atoms with Crippen molar-refractivity contribution in [2.45, 2.75) is 40.7 Å². The minimum atomic E-state index is 0. The van der Waals surface area contributed by atoms with Gasteiger partial charge in [-0.25, -0.2) is 6.92 Å². The Balaban J connectivity index is -0.0000000378. The molecular weight excluding hydrogens is 934 g/mol. The van der Waals surface area contributed by atoms with Crippen LogP contribution in [-0.4, -0.2) is 15.0 Å². The molecule has 7 heteroatoms. The Bertz CT molecular complexity index is 260. The molecule has 0 aliphatic heterocycles. The Morgan fingerprint density at radius 2 is 1.45 bits per heavy atom. The third kappa shape index (κ3) is 28.0. The van der Waals surface area contributed by atoms with Gasteiger partial charge < -0.3 is 25.5 Å². The fraction of sp³-hybridized carbons (Fsp3) is 0.538. The van der Waals surface area contributed by atoms with Gasteiger partial charge in [0.15, 0.2) is 0 Å². The van der Waals surface area contributed by atoms with Crippen molar-refractivity contribution in [3.05, 3.63) is 39.6 Å². The smallest absolute Gasteiger partial charge is 0.360 e. The summed E-state index contributed by atoms with van der Waals surface area (Å²) in [6.45, 7) is 23.1. The molecule has 0 saturated carbocycles. The minimum Gasteiger partial charge on any atom is -0.360 e. The van der Waals surface area contributed by atoms with E-state index in [4.69, 9.17) is 0 Å². The molecule has 1 rings (SSSR count). The summed E-state index contributed by atoms with van der Waals surface area (Å²) >= 11 is 0. The predicted molar refractivity (Wildman–Crippen MR) is 70.3 cm³/mol. The minimum absolute atomic E-state index is 0. The molecule has 0 fully saturated rings.